The molecule has 0 aliphatic rings. The topological polar surface area (TPSA) is 20.2 Å². The summed E-state index contributed by atoms with van der Waals surface area (Å²) in [6.07, 6.45) is 12.0. The third-order valence-electron chi connectivity index (χ3n) is 4.19. The third-order valence-corrected chi connectivity index (χ3v) is 20.1. The number of rotatable bonds is 12. The van der Waals surface area contributed by atoms with Crippen LogP contribution in [0.25, 0.3) is 0 Å². The summed E-state index contributed by atoms with van der Waals surface area (Å²) in [5.74, 6) is 0. The van der Waals surface area contributed by atoms with Crippen molar-refractivity contribution in [3.05, 3.63) is 21.3 Å². The molecule has 0 aliphatic heterocycles. The first-order valence-corrected chi connectivity index (χ1v) is 16.2. The van der Waals surface area contributed by atoms with Crippen molar-refractivity contribution in [1.82, 2.24) is 0 Å². The Balaban J connectivity index is 5.32. The Morgan fingerprint density at radius 3 is 1.70 bits per heavy atom. The average Bonchev–Trinajstić information content (AvgIpc) is 2.47. The molecule has 0 unspecified atom stereocenters. The first-order valence-electron chi connectivity index (χ1n) is 8.29. The van der Waals surface area contributed by atoms with Gasteiger partial charge in [-0.15, -0.1) is 0 Å². The van der Waals surface area contributed by atoms with Crippen LogP contribution in [0.4, 0.5) is 0 Å². The molecular weight excluding hydrogens is 374 g/mol. The van der Waals surface area contributed by atoms with Crippen LogP contribution >= 0.6 is 11.6 Å². The van der Waals surface area contributed by atoms with Crippen LogP contribution in [0.1, 0.15) is 59.3 Å². The summed E-state index contributed by atoms with van der Waals surface area (Å²) in [5.41, 5.74) is 1.65. The second kappa shape index (κ2) is 13.2. The molecule has 118 valence electrons. The number of aliphatic hydroxyl groups excluding tert-OH is 1. The van der Waals surface area contributed by atoms with Gasteiger partial charge in [0.25, 0.3) is 0 Å². The van der Waals surface area contributed by atoms with Crippen molar-refractivity contribution in [1.29, 1.82) is 0 Å². The first-order chi connectivity index (χ1) is 9.70. The second-order valence-corrected chi connectivity index (χ2v) is 19.2. The Morgan fingerprint density at radius 2 is 1.40 bits per heavy atom. The van der Waals surface area contributed by atoms with Crippen LogP contribution in [0.2, 0.25) is 13.3 Å². The number of unbranched alkanes of at least 4 members (excludes halogenated alkanes) is 3. The van der Waals surface area contributed by atoms with Crippen LogP contribution in [0.5, 0.6) is 0 Å². The predicted octanol–water partition coefficient (Wildman–Crippen LogP) is 6.05. The molecule has 0 aliphatic carbocycles. The predicted molar refractivity (Wildman–Crippen MR) is 95.1 cm³/mol. The number of aliphatic hydroxyl groups is 1. The maximum absolute atomic E-state index is 9.38. The zero-order valence-corrected chi connectivity index (χ0v) is 17.2. The van der Waals surface area contributed by atoms with E-state index >= 15 is 0 Å². The molecule has 0 aromatic rings. The molecule has 0 radical (unpaired) electrons. The average molecular weight is 408 g/mol. The van der Waals surface area contributed by atoms with Gasteiger partial charge in [0, 0.05) is 0 Å². The summed E-state index contributed by atoms with van der Waals surface area (Å²) < 4.78 is 5.70. The van der Waals surface area contributed by atoms with E-state index in [1.807, 2.05) is 0 Å². The Morgan fingerprint density at radius 1 is 0.950 bits per heavy atom. The van der Waals surface area contributed by atoms with Crippen molar-refractivity contribution in [2.24, 2.45) is 0 Å². The van der Waals surface area contributed by atoms with E-state index in [9.17, 15) is 5.11 Å². The molecule has 0 rings (SSSR count). The van der Waals surface area contributed by atoms with Crippen molar-refractivity contribution < 1.29 is 5.11 Å². The molecule has 0 aromatic heterocycles. The van der Waals surface area contributed by atoms with Gasteiger partial charge in [0.2, 0.25) is 0 Å². The van der Waals surface area contributed by atoms with Crippen molar-refractivity contribution in [3.8, 4) is 0 Å². The minimum atomic E-state index is -2.37. The SMILES string of the molecule is CCC[CH2][Sn]([CH2]CCC)([CH2]CCC)[C](/C=C/Cl)=C/CO. The second-order valence-electron chi connectivity index (χ2n) is 5.73. The molecule has 20 heavy (non-hydrogen) atoms. The fraction of sp³-hybridized carbons (Fsp3) is 0.765. The molecule has 1 nitrogen and oxygen atoms in total. The van der Waals surface area contributed by atoms with Crippen LogP contribution in [-0.4, -0.2) is 30.1 Å². The van der Waals surface area contributed by atoms with E-state index in [1.54, 1.807) is 5.54 Å². The number of hydrogen-bond donors (Lipinski definition) is 1. The van der Waals surface area contributed by atoms with E-state index in [0.717, 1.165) is 0 Å². The normalized spacial score (nSPS) is 13.3. The minimum absolute atomic E-state index is 0.152. The fourth-order valence-electron chi connectivity index (χ4n) is 2.98. The van der Waals surface area contributed by atoms with Crippen molar-refractivity contribution >= 4 is 30.0 Å². The van der Waals surface area contributed by atoms with Gasteiger partial charge in [0.05, 0.1) is 0 Å². The van der Waals surface area contributed by atoms with E-state index in [1.165, 1.54) is 55.4 Å². The number of allylic oxidation sites excluding steroid dienone is 2. The van der Waals surface area contributed by atoms with Gasteiger partial charge < -0.3 is 0 Å². The van der Waals surface area contributed by atoms with Crippen LogP contribution in [0.15, 0.2) is 21.3 Å². The van der Waals surface area contributed by atoms with Gasteiger partial charge in [0.1, 0.15) is 0 Å². The number of hydrogen-bond acceptors (Lipinski definition) is 1. The molecule has 0 heterocycles. The summed E-state index contributed by atoms with van der Waals surface area (Å²) in [7, 11) is 0. The molecule has 0 amide bonds. The van der Waals surface area contributed by atoms with Crippen LogP contribution in [-0.2, 0) is 0 Å². The van der Waals surface area contributed by atoms with E-state index < -0.39 is 18.4 Å². The summed E-state index contributed by atoms with van der Waals surface area (Å²) in [6, 6.07) is 0. The summed E-state index contributed by atoms with van der Waals surface area (Å²) >= 11 is 3.50. The van der Waals surface area contributed by atoms with Crippen molar-refractivity contribution in [3.63, 3.8) is 0 Å². The van der Waals surface area contributed by atoms with Gasteiger partial charge >= 0.3 is 136 Å². The van der Waals surface area contributed by atoms with Gasteiger partial charge in [-0.3, -0.25) is 0 Å². The van der Waals surface area contributed by atoms with Gasteiger partial charge in [-0.1, -0.05) is 0 Å². The van der Waals surface area contributed by atoms with Crippen LogP contribution in [0.3, 0.4) is 0 Å². The third kappa shape index (κ3) is 7.51. The molecule has 0 saturated carbocycles. The van der Waals surface area contributed by atoms with Crippen LogP contribution in [0, 0.1) is 0 Å². The molecule has 0 spiro atoms. The quantitative estimate of drug-likeness (QED) is 0.309. The van der Waals surface area contributed by atoms with Gasteiger partial charge in [-0.05, 0) is 0 Å². The Labute approximate surface area is 135 Å². The van der Waals surface area contributed by atoms with Crippen molar-refractivity contribution in [2.75, 3.05) is 6.61 Å². The van der Waals surface area contributed by atoms with Gasteiger partial charge in [0.15, 0.2) is 0 Å². The standard InChI is InChI=1S/C5H6ClO.3C4H9.Sn/c6-4-2-1-3-5-7;3*1-3-4-2;/h2-4,7H,5H2;3*1,3-4H2,2H3;/b3-1?,4-2+;;;;. The molecule has 0 fully saturated rings. The van der Waals surface area contributed by atoms with E-state index in [0.29, 0.717) is 0 Å². The van der Waals surface area contributed by atoms with Gasteiger partial charge in [-0.2, -0.15) is 0 Å². The van der Waals surface area contributed by atoms with Crippen molar-refractivity contribution in [2.45, 2.75) is 72.6 Å². The summed E-state index contributed by atoms with van der Waals surface area (Å²) in [6.45, 7) is 6.99. The molecule has 0 saturated heterocycles. The fourth-order valence-corrected chi connectivity index (χ4v) is 19.6. The zero-order valence-electron chi connectivity index (χ0n) is 13.6. The maximum atomic E-state index is 9.38. The van der Waals surface area contributed by atoms with Crippen LogP contribution < -0.4 is 0 Å². The molecule has 0 atom stereocenters. The summed E-state index contributed by atoms with van der Waals surface area (Å²) in [4.78, 5) is 0. The summed E-state index contributed by atoms with van der Waals surface area (Å²) in [5, 5.41) is 9.38. The van der Waals surface area contributed by atoms with E-state index in [4.69, 9.17) is 11.6 Å². The Bertz CT molecular complexity index is 265. The molecular formula is C17H33ClOSn. The Hall–Kier alpha value is 0.529. The molecule has 3 heteroatoms. The molecule has 1 N–H and O–H groups in total. The Kier molecular flexibility index (Phi) is 13.6. The van der Waals surface area contributed by atoms with E-state index in [-0.39, 0.29) is 6.61 Å². The zero-order chi connectivity index (χ0) is 15.3. The first kappa shape index (κ1) is 20.5. The van der Waals surface area contributed by atoms with Gasteiger partial charge in [-0.25, -0.2) is 0 Å². The number of halogens is 1. The monoisotopic (exact) mass is 408 g/mol. The van der Waals surface area contributed by atoms with E-state index in [2.05, 4.69) is 32.9 Å². The molecule has 0 bridgehead atoms. The molecule has 0 aromatic carbocycles.